The molecule has 7 nitrogen and oxygen atoms in total. The summed E-state index contributed by atoms with van der Waals surface area (Å²) in [5, 5.41) is 5.00. The summed E-state index contributed by atoms with van der Waals surface area (Å²) in [6.07, 6.45) is 5.45. The van der Waals surface area contributed by atoms with E-state index >= 15 is 0 Å². The van der Waals surface area contributed by atoms with Gasteiger partial charge in [-0.05, 0) is 26.7 Å². The van der Waals surface area contributed by atoms with Gasteiger partial charge < -0.3 is 10.1 Å². The lowest BCUT2D eigenvalue weighted by molar-refractivity contribution is -0.158. The minimum atomic E-state index is -0.728. The molecule has 0 saturated carbocycles. The first-order valence-corrected chi connectivity index (χ1v) is 9.35. The first kappa shape index (κ1) is 20.0. The maximum atomic E-state index is 12.6. The lowest BCUT2D eigenvalue weighted by Gasteiger charge is -2.27. The third-order valence-corrected chi connectivity index (χ3v) is 4.54. The highest BCUT2D eigenvalue weighted by atomic mass is 32.1. The second kappa shape index (κ2) is 8.35. The van der Waals surface area contributed by atoms with Gasteiger partial charge in [0.05, 0.1) is 6.20 Å². The predicted octanol–water partition coefficient (Wildman–Crippen LogP) is 3.09. The van der Waals surface area contributed by atoms with Crippen LogP contribution in [0.4, 0.5) is 0 Å². The molecule has 0 unspecified atom stereocenters. The molecule has 0 aliphatic rings. The average molecular weight is 376 g/mol. The standard InChI is InChI=1S/C18H24N4O3S/c1-6-11(2)14(17(24)25-18(3,4)5)22-15(23)13-10-26-16(21-13)12-9-19-7-8-20-12/h7-11,14H,6H2,1-5H3,(H,22,23)/t11-,14-/m0/s1. The summed E-state index contributed by atoms with van der Waals surface area (Å²) in [6, 6.07) is -0.728. The van der Waals surface area contributed by atoms with E-state index in [1.165, 1.54) is 11.3 Å². The largest absolute Gasteiger partial charge is 0.458 e. The summed E-state index contributed by atoms with van der Waals surface area (Å²) in [7, 11) is 0. The molecule has 26 heavy (non-hydrogen) atoms. The molecule has 0 bridgehead atoms. The molecule has 0 aliphatic heterocycles. The number of rotatable bonds is 6. The zero-order valence-corrected chi connectivity index (χ0v) is 16.5. The average Bonchev–Trinajstić information content (AvgIpc) is 3.08. The van der Waals surface area contributed by atoms with Gasteiger partial charge in [0, 0.05) is 17.8 Å². The van der Waals surface area contributed by atoms with Crippen LogP contribution in [-0.2, 0) is 9.53 Å². The van der Waals surface area contributed by atoms with E-state index in [9.17, 15) is 9.59 Å². The van der Waals surface area contributed by atoms with E-state index < -0.39 is 23.5 Å². The minimum absolute atomic E-state index is 0.0631. The Bertz CT molecular complexity index is 755. The number of esters is 1. The van der Waals surface area contributed by atoms with Crippen LogP contribution in [0.3, 0.4) is 0 Å². The Hall–Kier alpha value is -2.35. The number of thiazole rings is 1. The highest BCUT2D eigenvalue weighted by Gasteiger charge is 2.31. The van der Waals surface area contributed by atoms with E-state index in [1.54, 1.807) is 44.7 Å². The fourth-order valence-electron chi connectivity index (χ4n) is 2.15. The molecular formula is C18H24N4O3S. The number of hydrogen-bond donors (Lipinski definition) is 1. The van der Waals surface area contributed by atoms with E-state index in [4.69, 9.17) is 4.74 Å². The van der Waals surface area contributed by atoms with Gasteiger partial charge in [0.1, 0.15) is 28.0 Å². The molecule has 140 valence electrons. The van der Waals surface area contributed by atoms with Crippen molar-refractivity contribution in [2.75, 3.05) is 0 Å². The molecule has 0 aliphatic carbocycles. The topological polar surface area (TPSA) is 94.1 Å². The fraction of sp³-hybridized carbons (Fsp3) is 0.500. The van der Waals surface area contributed by atoms with E-state index in [-0.39, 0.29) is 11.6 Å². The number of hydrogen-bond acceptors (Lipinski definition) is 7. The third kappa shape index (κ3) is 5.32. The van der Waals surface area contributed by atoms with Crippen LogP contribution < -0.4 is 5.32 Å². The molecule has 0 aromatic carbocycles. The number of carbonyl (C=O) groups excluding carboxylic acids is 2. The Labute approximate surface area is 157 Å². The number of nitrogens with one attached hydrogen (secondary N) is 1. The molecule has 2 rings (SSSR count). The van der Waals surface area contributed by atoms with E-state index in [2.05, 4.69) is 20.3 Å². The highest BCUT2D eigenvalue weighted by Crippen LogP contribution is 2.21. The van der Waals surface area contributed by atoms with Gasteiger partial charge in [-0.1, -0.05) is 20.3 Å². The number of aromatic nitrogens is 3. The molecule has 0 spiro atoms. The van der Waals surface area contributed by atoms with Gasteiger partial charge in [0.2, 0.25) is 0 Å². The molecular weight excluding hydrogens is 352 g/mol. The second-order valence-corrected chi connectivity index (χ2v) is 7.86. The summed E-state index contributed by atoms with van der Waals surface area (Å²) in [5.74, 6) is -0.913. The van der Waals surface area contributed by atoms with Crippen LogP contribution >= 0.6 is 11.3 Å². The Balaban J connectivity index is 2.14. The highest BCUT2D eigenvalue weighted by molar-refractivity contribution is 7.13. The summed E-state index contributed by atoms with van der Waals surface area (Å²) in [4.78, 5) is 37.5. The molecule has 1 amide bonds. The molecule has 0 radical (unpaired) electrons. The summed E-state index contributed by atoms with van der Waals surface area (Å²) >= 11 is 1.30. The Morgan fingerprint density at radius 1 is 1.31 bits per heavy atom. The van der Waals surface area contributed by atoms with Crippen molar-refractivity contribution in [3.63, 3.8) is 0 Å². The monoisotopic (exact) mass is 376 g/mol. The van der Waals surface area contributed by atoms with E-state index in [1.807, 2.05) is 13.8 Å². The van der Waals surface area contributed by atoms with E-state index in [0.29, 0.717) is 10.7 Å². The Kier molecular flexibility index (Phi) is 6.42. The number of ether oxygens (including phenoxy) is 1. The minimum Gasteiger partial charge on any atom is -0.458 e. The smallest absolute Gasteiger partial charge is 0.329 e. The number of carbonyl (C=O) groups is 2. The van der Waals surface area contributed by atoms with Crippen LogP contribution in [0.25, 0.3) is 10.7 Å². The van der Waals surface area contributed by atoms with Gasteiger partial charge in [0.15, 0.2) is 0 Å². The van der Waals surface area contributed by atoms with Gasteiger partial charge in [0.25, 0.3) is 5.91 Å². The van der Waals surface area contributed by atoms with Crippen molar-refractivity contribution in [3.8, 4) is 10.7 Å². The van der Waals surface area contributed by atoms with Crippen molar-refractivity contribution >= 4 is 23.2 Å². The zero-order chi connectivity index (χ0) is 19.3. The van der Waals surface area contributed by atoms with Crippen molar-refractivity contribution < 1.29 is 14.3 Å². The van der Waals surface area contributed by atoms with Crippen LogP contribution in [0, 0.1) is 5.92 Å². The van der Waals surface area contributed by atoms with Gasteiger partial charge in [-0.15, -0.1) is 11.3 Å². The SMILES string of the molecule is CC[C@H](C)[C@H](NC(=O)c1csc(-c2cnccn2)n1)C(=O)OC(C)(C)C. The predicted molar refractivity (Wildman–Crippen MR) is 99.7 cm³/mol. The lowest BCUT2D eigenvalue weighted by atomic mass is 9.98. The van der Waals surface area contributed by atoms with Crippen molar-refractivity contribution in [2.45, 2.75) is 52.7 Å². The van der Waals surface area contributed by atoms with E-state index in [0.717, 1.165) is 6.42 Å². The Morgan fingerprint density at radius 2 is 2.04 bits per heavy atom. The zero-order valence-electron chi connectivity index (χ0n) is 15.6. The third-order valence-electron chi connectivity index (χ3n) is 3.68. The molecule has 0 fully saturated rings. The number of nitrogens with zero attached hydrogens (tertiary/aromatic N) is 3. The molecule has 2 aromatic rings. The molecule has 1 N–H and O–H groups in total. The first-order valence-electron chi connectivity index (χ1n) is 8.47. The second-order valence-electron chi connectivity index (χ2n) is 7.00. The molecule has 2 heterocycles. The quantitative estimate of drug-likeness (QED) is 0.779. The molecule has 2 atom stereocenters. The van der Waals surface area contributed by atoms with Crippen LogP contribution in [0.2, 0.25) is 0 Å². The van der Waals surface area contributed by atoms with Gasteiger partial charge in [-0.2, -0.15) is 0 Å². The van der Waals surface area contributed by atoms with Crippen LogP contribution in [0.1, 0.15) is 51.5 Å². The van der Waals surface area contributed by atoms with Gasteiger partial charge in [-0.3, -0.25) is 14.8 Å². The van der Waals surface area contributed by atoms with Crippen molar-refractivity contribution in [1.82, 2.24) is 20.3 Å². The Morgan fingerprint density at radius 3 is 2.62 bits per heavy atom. The summed E-state index contributed by atoms with van der Waals surface area (Å²) in [6.45, 7) is 9.26. The maximum Gasteiger partial charge on any atom is 0.329 e. The van der Waals surface area contributed by atoms with Gasteiger partial charge in [-0.25, -0.2) is 9.78 Å². The summed E-state index contributed by atoms with van der Waals surface area (Å²) in [5.41, 5.74) is 0.225. The van der Waals surface area contributed by atoms with Crippen molar-refractivity contribution in [1.29, 1.82) is 0 Å². The molecule has 0 saturated heterocycles. The molecule has 2 aromatic heterocycles. The van der Waals surface area contributed by atoms with Crippen LogP contribution in [-0.4, -0.2) is 38.5 Å². The van der Waals surface area contributed by atoms with Crippen molar-refractivity contribution in [3.05, 3.63) is 29.7 Å². The van der Waals surface area contributed by atoms with Crippen molar-refractivity contribution in [2.24, 2.45) is 5.92 Å². The normalized spacial score (nSPS) is 13.7. The lowest BCUT2D eigenvalue weighted by Crippen LogP contribution is -2.47. The van der Waals surface area contributed by atoms with Crippen LogP contribution in [0.5, 0.6) is 0 Å². The van der Waals surface area contributed by atoms with Crippen LogP contribution in [0.15, 0.2) is 24.0 Å². The van der Waals surface area contributed by atoms with Gasteiger partial charge >= 0.3 is 5.97 Å². The molecule has 8 heteroatoms. The number of amides is 1. The fourth-order valence-corrected chi connectivity index (χ4v) is 2.92. The summed E-state index contributed by atoms with van der Waals surface area (Å²) < 4.78 is 5.44. The maximum absolute atomic E-state index is 12.6. The first-order chi connectivity index (χ1) is 12.2.